The second kappa shape index (κ2) is 10.5. The van der Waals surface area contributed by atoms with Crippen molar-refractivity contribution in [3.05, 3.63) is 64.2 Å². The number of ether oxygens (including phenoxy) is 3. The van der Waals surface area contributed by atoms with Crippen molar-refractivity contribution in [2.45, 2.75) is 12.6 Å². The minimum Gasteiger partial charge on any atom is -0.493 e. The molecule has 0 aliphatic rings. The smallest absolute Gasteiger partial charge is 0.416 e. The van der Waals surface area contributed by atoms with Crippen LogP contribution in [0.3, 0.4) is 0 Å². The van der Waals surface area contributed by atoms with E-state index in [2.05, 4.69) is 0 Å². The molecule has 158 valence electrons. The van der Waals surface area contributed by atoms with Gasteiger partial charge < -0.3 is 14.2 Å². The Bertz CT molecular complexity index is 812. The van der Waals surface area contributed by atoms with Crippen LogP contribution in [0.25, 0.3) is 0 Å². The molecule has 0 radical (unpaired) electrons. The highest BCUT2D eigenvalue weighted by Crippen LogP contribution is 2.37. The molecule has 2 rings (SSSR count). The van der Waals surface area contributed by atoms with E-state index in [9.17, 15) is 22.0 Å². The highest BCUT2D eigenvalue weighted by molar-refractivity contribution is 6.37. The summed E-state index contributed by atoms with van der Waals surface area (Å²) in [5.41, 5.74) is -0.754. The van der Waals surface area contributed by atoms with E-state index in [1.807, 2.05) is 0 Å². The van der Waals surface area contributed by atoms with Crippen LogP contribution in [0.2, 0.25) is 10.0 Å². The van der Waals surface area contributed by atoms with Gasteiger partial charge in [-0.05, 0) is 24.3 Å². The first-order chi connectivity index (χ1) is 13.7. The third-order valence-corrected chi connectivity index (χ3v) is 4.01. The van der Waals surface area contributed by atoms with Gasteiger partial charge >= 0.3 is 6.18 Å². The summed E-state index contributed by atoms with van der Waals surface area (Å²) in [6.07, 6.45) is -5.25. The normalized spacial score (nSPS) is 11.1. The topological polar surface area (TPSA) is 27.7 Å². The molecule has 0 saturated carbocycles. The maximum Gasteiger partial charge on any atom is 0.416 e. The van der Waals surface area contributed by atoms with Crippen molar-refractivity contribution < 1.29 is 36.2 Å². The van der Waals surface area contributed by atoms with Crippen LogP contribution in [0.4, 0.5) is 22.0 Å². The lowest BCUT2D eigenvalue weighted by atomic mass is 10.2. The molecule has 0 atom stereocenters. The lowest BCUT2D eigenvalue weighted by Crippen LogP contribution is -2.07. The molecule has 2 aromatic carbocycles. The van der Waals surface area contributed by atoms with Crippen LogP contribution in [0.5, 0.6) is 17.2 Å². The van der Waals surface area contributed by atoms with Crippen molar-refractivity contribution in [3.8, 4) is 17.2 Å². The zero-order valence-corrected chi connectivity index (χ0v) is 16.3. The van der Waals surface area contributed by atoms with Crippen LogP contribution in [0.15, 0.2) is 48.6 Å². The first-order valence-corrected chi connectivity index (χ1v) is 8.98. The number of hydrogen-bond acceptors (Lipinski definition) is 3. The molecule has 0 unspecified atom stereocenters. The fraction of sp³-hybridized carbons (Fsp3) is 0.263. The van der Waals surface area contributed by atoms with Crippen LogP contribution in [0, 0.1) is 0 Å². The molecule has 0 aliphatic heterocycles. The maximum absolute atomic E-state index is 12.5. The Kier molecular flexibility index (Phi) is 8.40. The summed E-state index contributed by atoms with van der Waals surface area (Å²) in [5, 5.41) is 0.279. The van der Waals surface area contributed by atoms with E-state index < -0.39 is 17.8 Å². The van der Waals surface area contributed by atoms with E-state index in [-0.39, 0.29) is 41.4 Å². The molecule has 2 aromatic rings. The fourth-order valence-corrected chi connectivity index (χ4v) is 2.70. The van der Waals surface area contributed by atoms with E-state index in [4.69, 9.17) is 37.4 Å². The van der Waals surface area contributed by atoms with Gasteiger partial charge in [-0.25, -0.2) is 0 Å². The quantitative estimate of drug-likeness (QED) is 0.299. The van der Waals surface area contributed by atoms with Gasteiger partial charge in [0.15, 0.2) is 5.75 Å². The van der Waals surface area contributed by atoms with Crippen molar-refractivity contribution in [2.75, 3.05) is 19.8 Å². The van der Waals surface area contributed by atoms with Crippen molar-refractivity contribution in [3.63, 3.8) is 0 Å². The number of rotatable bonds is 9. The standard InChI is InChI=1S/C19H15Cl2F5O3/c20-15-10-14(28-9-6-17(22)23)11-16(21)18(15)29-8-1-7-27-13-4-2-12(3-5-13)19(24,25)26/h2-6,10-11H,1,7-9H2. The lowest BCUT2D eigenvalue weighted by molar-refractivity contribution is -0.137. The number of halogens is 7. The van der Waals surface area contributed by atoms with E-state index in [1.54, 1.807) is 0 Å². The molecule has 0 heterocycles. The molecule has 0 fully saturated rings. The Balaban J connectivity index is 1.79. The second-order valence-electron chi connectivity index (χ2n) is 5.59. The molecule has 0 saturated heterocycles. The van der Waals surface area contributed by atoms with Gasteiger partial charge in [0, 0.05) is 24.6 Å². The SMILES string of the molecule is FC(F)=CCOc1cc(Cl)c(OCCCOc2ccc(C(F)(F)F)cc2)c(Cl)c1. The van der Waals surface area contributed by atoms with Crippen LogP contribution in [0.1, 0.15) is 12.0 Å². The molecule has 0 spiro atoms. The summed E-state index contributed by atoms with van der Waals surface area (Å²) in [6.45, 7) is 0.0372. The van der Waals surface area contributed by atoms with Gasteiger partial charge in [0.25, 0.3) is 6.08 Å². The Morgan fingerprint density at radius 3 is 2.00 bits per heavy atom. The molecule has 0 aromatic heterocycles. The molecular formula is C19H15Cl2F5O3. The summed E-state index contributed by atoms with van der Waals surface area (Å²) in [7, 11) is 0. The molecule has 0 N–H and O–H groups in total. The van der Waals surface area contributed by atoms with Crippen molar-refractivity contribution in [2.24, 2.45) is 0 Å². The third kappa shape index (κ3) is 7.62. The van der Waals surface area contributed by atoms with Crippen molar-refractivity contribution >= 4 is 23.2 Å². The van der Waals surface area contributed by atoms with Gasteiger partial charge in [0.05, 0.1) is 28.8 Å². The zero-order valence-electron chi connectivity index (χ0n) is 14.7. The summed E-state index contributed by atoms with van der Waals surface area (Å²) in [6, 6.07) is 7.11. The van der Waals surface area contributed by atoms with Gasteiger partial charge in [-0.1, -0.05) is 23.2 Å². The van der Waals surface area contributed by atoms with Gasteiger partial charge in [-0.15, -0.1) is 0 Å². The molecule has 10 heteroatoms. The average molecular weight is 457 g/mol. The maximum atomic E-state index is 12.5. The van der Waals surface area contributed by atoms with Crippen LogP contribution < -0.4 is 14.2 Å². The van der Waals surface area contributed by atoms with E-state index >= 15 is 0 Å². The number of alkyl halides is 3. The highest BCUT2D eigenvalue weighted by atomic mass is 35.5. The Labute approximate surface area is 173 Å². The van der Waals surface area contributed by atoms with Gasteiger partial charge in [-0.3, -0.25) is 0 Å². The predicted octanol–water partition coefficient (Wildman–Crippen LogP) is 7.02. The molecule has 3 nitrogen and oxygen atoms in total. The molecule has 0 aliphatic carbocycles. The molecular weight excluding hydrogens is 442 g/mol. The molecule has 0 amide bonds. The van der Waals surface area contributed by atoms with Crippen molar-refractivity contribution in [1.29, 1.82) is 0 Å². The average Bonchev–Trinajstić information content (AvgIpc) is 2.62. The summed E-state index contributed by atoms with van der Waals surface area (Å²) >= 11 is 12.1. The van der Waals surface area contributed by atoms with E-state index in [1.165, 1.54) is 24.3 Å². The summed E-state index contributed by atoms with van der Waals surface area (Å²) in [5.74, 6) is 0.701. The first kappa shape index (κ1) is 23.1. The zero-order chi connectivity index (χ0) is 21.4. The Hall–Kier alpha value is -2.19. The number of benzene rings is 2. The summed E-state index contributed by atoms with van der Waals surface area (Å²) < 4.78 is 77.4. The Morgan fingerprint density at radius 2 is 1.45 bits per heavy atom. The minimum absolute atomic E-state index is 0.140. The summed E-state index contributed by atoms with van der Waals surface area (Å²) in [4.78, 5) is 0. The van der Waals surface area contributed by atoms with Crippen molar-refractivity contribution in [1.82, 2.24) is 0 Å². The highest BCUT2D eigenvalue weighted by Gasteiger charge is 2.30. The fourth-order valence-electron chi connectivity index (χ4n) is 2.12. The van der Waals surface area contributed by atoms with Gasteiger partial charge in [0.1, 0.15) is 18.1 Å². The van der Waals surface area contributed by atoms with Crippen LogP contribution in [-0.2, 0) is 6.18 Å². The monoisotopic (exact) mass is 456 g/mol. The minimum atomic E-state index is -4.40. The van der Waals surface area contributed by atoms with Crippen LogP contribution >= 0.6 is 23.2 Å². The molecule has 0 bridgehead atoms. The predicted molar refractivity (Wildman–Crippen MR) is 99.3 cm³/mol. The largest absolute Gasteiger partial charge is 0.493 e. The Morgan fingerprint density at radius 1 is 0.862 bits per heavy atom. The van der Waals surface area contributed by atoms with Gasteiger partial charge in [-0.2, -0.15) is 22.0 Å². The van der Waals surface area contributed by atoms with E-state index in [0.29, 0.717) is 18.2 Å². The first-order valence-electron chi connectivity index (χ1n) is 8.22. The second-order valence-corrected chi connectivity index (χ2v) is 6.41. The lowest BCUT2D eigenvalue weighted by Gasteiger charge is -2.13. The van der Waals surface area contributed by atoms with Gasteiger partial charge in [0.2, 0.25) is 0 Å². The van der Waals surface area contributed by atoms with E-state index in [0.717, 1.165) is 12.1 Å². The number of hydrogen-bond donors (Lipinski definition) is 0. The van der Waals surface area contributed by atoms with Crippen LogP contribution in [-0.4, -0.2) is 19.8 Å². The molecule has 29 heavy (non-hydrogen) atoms. The third-order valence-electron chi connectivity index (χ3n) is 3.44.